The highest BCUT2D eigenvalue weighted by Gasteiger charge is 2.16. The number of pyridine rings is 1. The Morgan fingerprint density at radius 3 is 2.77 bits per heavy atom. The highest BCUT2D eigenvalue weighted by Crippen LogP contribution is 2.21. The van der Waals surface area contributed by atoms with Gasteiger partial charge in [0.15, 0.2) is 9.84 Å². The molecule has 0 atom stereocenters. The average Bonchev–Trinajstić information content (AvgIpc) is 2.09. The third-order valence-electron chi connectivity index (χ3n) is 1.49. The lowest BCUT2D eigenvalue weighted by Crippen LogP contribution is -2.05. The second-order valence-electron chi connectivity index (χ2n) is 2.35. The smallest absolute Gasteiger partial charge is 0.181 e. The summed E-state index contributed by atoms with van der Waals surface area (Å²) in [6.07, 6.45) is 1.53. The lowest BCUT2D eigenvalue weighted by atomic mass is 10.5. The molecule has 0 saturated heterocycles. The molecule has 0 aliphatic rings. The summed E-state index contributed by atoms with van der Waals surface area (Å²) >= 11 is 7.66. The van der Waals surface area contributed by atoms with Crippen LogP contribution in [0.4, 0.5) is 0 Å². The summed E-state index contributed by atoms with van der Waals surface area (Å²) in [4.78, 5) is 3.89. The van der Waals surface area contributed by atoms with Crippen LogP contribution in [0.15, 0.2) is 17.2 Å². The van der Waals surface area contributed by atoms with Gasteiger partial charge in [0.1, 0.15) is 10.0 Å². The van der Waals surface area contributed by atoms with E-state index >= 15 is 0 Å². The average molecular weight is 332 g/mol. The van der Waals surface area contributed by atoms with Crippen LogP contribution in [0.2, 0.25) is 5.15 Å². The molecule has 0 saturated carbocycles. The fourth-order valence-electron chi connectivity index (χ4n) is 0.778. The van der Waals surface area contributed by atoms with Crippen molar-refractivity contribution >= 4 is 44.0 Å². The van der Waals surface area contributed by atoms with E-state index in [1.54, 1.807) is 6.92 Å². The maximum Gasteiger partial charge on any atom is 0.181 e. The highest BCUT2D eigenvalue weighted by molar-refractivity contribution is 14.1. The summed E-state index contributed by atoms with van der Waals surface area (Å²) in [7, 11) is -3.25. The van der Waals surface area contributed by atoms with E-state index < -0.39 is 9.84 Å². The molecule has 1 heterocycles. The van der Waals surface area contributed by atoms with Gasteiger partial charge in [0, 0.05) is 9.77 Å². The quantitative estimate of drug-likeness (QED) is 0.616. The molecule has 0 bridgehead atoms. The van der Waals surface area contributed by atoms with Crippen molar-refractivity contribution in [2.24, 2.45) is 0 Å². The first-order chi connectivity index (χ1) is 5.97. The Hall–Kier alpha value is 0.120. The van der Waals surface area contributed by atoms with Gasteiger partial charge in [0.2, 0.25) is 0 Å². The van der Waals surface area contributed by atoms with Crippen LogP contribution >= 0.6 is 34.2 Å². The molecule has 0 spiro atoms. The van der Waals surface area contributed by atoms with Crippen molar-refractivity contribution < 1.29 is 8.42 Å². The molecule has 72 valence electrons. The number of rotatable bonds is 2. The van der Waals surface area contributed by atoms with Gasteiger partial charge in [-0.05, 0) is 28.7 Å². The first-order valence-electron chi connectivity index (χ1n) is 3.51. The molecule has 0 unspecified atom stereocenters. The van der Waals surface area contributed by atoms with Gasteiger partial charge in [-0.3, -0.25) is 0 Å². The van der Waals surface area contributed by atoms with Gasteiger partial charge in [-0.25, -0.2) is 13.4 Å². The van der Waals surface area contributed by atoms with Gasteiger partial charge in [-0.15, -0.1) is 0 Å². The van der Waals surface area contributed by atoms with Gasteiger partial charge in [0.05, 0.1) is 5.75 Å². The van der Waals surface area contributed by atoms with Gasteiger partial charge in [-0.1, -0.05) is 18.5 Å². The fourth-order valence-corrected chi connectivity index (χ4v) is 2.82. The molecule has 0 aliphatic carbocycles. The van der Waals surface area contributed by atoms with Crippen molar-refractivity contribution in [3.05, 3.63) is 21.0 Å². The Bertz CT molecular complexity index is 419. The van der Waals surface area contributed by atoms with E-state index in [0.29, 0.717) is 0 Å². The van der Waals surface area contributed by atoms with Crippen LogP contribution in [0, 0.1) is 3.57 Å². The van der Waals surface area contributed by atoms with E-state index in [-0.39, 0.29) is 15.8 Å². The van der Waals surface area contributed by atoms with Crippen LogP contribution < -0.4 is 0 Å². The van der Waals surface area contributed by atoms with Crippen LogP contribution in [-0.4, -0.2) is 19.2 Å². The topological polar surface area (TPSA) is 47.0 Å². The zero-order valence-corrected chi connectivity index (χ0v) is 10.5. The molecular weight excluding hydrogens is 325 g/mol. The van der Waals surface area contributed by atoms with Crippen molar-refractivity contribution in [3.63, 3.8) is 0 Å². The molecule has 0 aromatic carbocycles. The zero-order chi connectivity index (χ0) is 10.1. The summed E-state index contributed by atoms with van der Waals surface area (Å²) < 4.78 is 23.7. The van der Waals surface area contributed by atoms with Crippen LogP contribution in [0.1, 0.15) is 6.92 Å². The molecule has 0 N–H and O–H groups in total. The molecule has 6 heteroatoms. The number of halogens is 2. The number of sulfone groups is 1. The molecule has 3 nitrogen and oxygen atoms in total. The second-order valence-corrected chi connectivity index (χ2v) is 6.20. The zero-order valence-electron chi connectivity index (χ0n) is 6.79. The monoisotopic (exact) mass is 331 g/mol. The van der Waals surface area contributed by atoms with Crippen molar-refractivity contribution in [3.8, 4) is 0 Å². The standard InChI is InChI=1S/C7H7ClINO2S/c1-2-13(11,12)6-3-5(9)4-10-7(6)8/h3-4H,2H2,1H3. The molecular formula is C7H7ClINO2S. The Morgan fingerprint density at radius 1 is 1.62 bits per heavy atom. The minimum atomic E-state index is -3.25. The first-order valence-corrected chi connectivity index (χ1v) is 6.62. The molecule has 1 aromatic rings. The third kappa shape index (κ3) is 2.54. The summed E-state index contributed by atoms with van der Waals surface area (Å²) in [6.45, 7) is 1.57. The van der Waals surface area contributed by atoms with Crippen molar-refractivity contribution in [2.45, 2.75) is 11.8 Å². The summed E-state index contributed by atoms with van der Waals surface area (Å²) in [5.74, 6) is 0.0362. The van der Waals surface area contributed by atoms with E-state index in [1.807, 2.05) is 22.6 Å². The Balaban J connectivity index is 3.38. The van der Waals surface area contributed by atoms with Crippen LogP contribution in [0.25, 0.3) is 0 Å². The summed E-state index contributed by atoms with van der Waals surface area (Å²) in [5.41, 5.74) is 0. The van der Waals surface area contributed by atoms with Crippen LogP contribution in [0.3, 0.4) is 0 Å². The van der Waals surface area contributed by atoms with E-state index in [1.165, 1.54) is 12.3 Å². The van der Waals surface area contributed by atoms with Crippen molar-refractivity contribution in [1.29, 1.82) is 0 Å². The van der Waals surface area contributed by atoms with Gasteiger partial charge < -0.3 is 0 Å². The lowest BCUT2D eigenvalue weighted by Gasteiger charge is -2.02. The summed E-state index contributed by atoms with van der Waals surface area (Å²) in [6, 6.07) is 1.52. The lowest BCUT2D eigenvalue weighted by molar-refractivity contribution is 0.597. The number of aromatic nitrogens is 1. The maximum atomic E-state index is 11.4. The van der Waals surface area contributed by atoms with E-state index in [4.69, 9.17) is 11.6 Å². The van der Waals surface area contributed by atoms with Gasteiger partial charge >= 0.3 is 0 Å². The molecule has 0 amide bonds. The Kier molecular flexibility index (Phi) is 3.53. The predicted molar refractivity (Wildman–Crippen MR) is 59.7 cm³/mol. The molecule has 0 aliphatic heterocycles. The fraction of sp³-hybridized carbons (Fsp3) is 0.286. The highest BCUT2D eigenvalue weighted by atomic mass is 127. The number of nitrogens with zero attached hydrogens (tertiary/aromatic N) is 1. The maximum absolute atomic E-state index is 11.4. The Morgan fingerprint density at radius 2 is 2.23 bits per heavy atom. The number of hydrogen-bond donors (Lipinski definition) is 0. The second kappa shape index (κ2) is 4.10. The molecule has 1 aromatic heterocycles. The molecule has 0 fully saturated rings. The minimum Gasteiger partial charge on any atom is -0.242 e. The van der Waals surface area contributed by atoms with Gasteiger partial charge in [0.25, 0.3) is 0 Å². The predicted octanol–water partition coefficient (Wildman–Crippen LogP) is 2.13. The van der Waals surface area contributed by atoms with Crippen LogP contribution in [-0.2, 0) is 9.84 Å². The van der Waals surface area contributed by atoms with E-state index in [2.05, 4.69) is 4.98 Å². The van der Waals surface area contributed by atoms with E-state index in [0.717, 1.165) is 3.57 Å². The molecule has 13 heavy (non-hydrogen) atoms. The van der Waals surface area contributed by atoms with E-state index in [9.17, 15) is 8.42 Å². The van der Waals surface area contributed by atoms with Crippen molar-refractivity contribution in [1.82, 2.24) is 4.98 Å². The SMILES string of the molecule is CCS(=O)(=O)c1cc(I)cnc1Cl. The first kappa shape index (κ1) is 11.2. The molecule has 1 rings (SSSR count). The third-order valence-corrected chi connectivity index (χ3v) is 4.23. The minimum absolute atomic E-state index is 0.0362. The normalized spacial score (nSPS) is 11.6. The van der Waals surface area contributed by atoms with Gasteiger partial charge in [-0.2, -0.15) is 0 Å². The largest absolute Gasteiger partial charge is 0.242 e. The number of hydrogen-bond acceptors (Lipinski definition) is 3. The van der Waals surface area contributed by atoms with Crippen molar-refractivity contribution in [2.75, 3.05) is 5.75 Å². The van der Waals surface area contributed by atoms with Crippen LogP contribution in [0.5, 0.6) is 0 Å². The Labute approximate surface area is 95.6 Å². The summed E-state index contributed by atoms with van der Waals surface area (Å²) in [5, 5.41) is 0.0438. The molecule has 0 radical (unpaired) electrons.